The van der Waals surface area contributed by atoms with Crippen LogP contribution in [0.15, 0.2) is 0 Å². The maximum absolute atomic E-state index is 9.75. The van der Waals surface area contributed by atoms with Gasteiger partial charge in [-0.2, -0.15) is 0 Å². The van der Waals surface area contributed by atoms with Crippen LogP contribution in [0.1, 0.15) is 19.3 Å². The second-order valence-electron chi connectivity index (χ2n) is 3.93. The molecule has 1 heterocycles. The molecule has 0 aliphatic carbocycles. The maximum atomic E-state index is 9.75. The van der Waals surface area contributed by atoms with Crippen LogP contribution in [0.4, 0.5) is 51.8 Å². The number of ether oxygens (including phenoxy) is 2. The van der Waals surface area contributed by atoms with Crippen LogP contribution in [-0.4, -0.2) is 99.6 Å². The van der Waals surface area contributed by atoms with Crippen molar-refractivity contribution < 1.29 is 61.3 Å². The zero-order valence-electron chi connectivity index (χ0n) is 12.2. The fourth-order valence-corrected chi connectivity index (χ4v) is 1.12. The molecular weight excluding hydrogens is 416 g/mol. The minimum absolute atomic E-state index is 0. The van der Waals surface area contributed by atoms with Gasteiger partial charge in [0.2, 0.25) is 0 Å². The Kier molecular flexibility index (Phi) is 22.8. The van der Waals surface area contributed by atoms with Gasteiger partial charge < -0.3 is 61.3 Å². The van der Waals surface area contributed by atoms with Gasteiger partial charge in [-0.05, 0) is 19.3 Å². The molecular formula is C7H15B3F12KO2-3. The van der Waals surface area contributed by atoms with Gasteiger partial charge in [0, 0.05) is 13.7 Å². The van der Waals surface area contributed by atoms with E-state index in [-0.39, 0.29) is 51.4 Å². The average molecular weight is 431 g/mol. The van der Waals surface area contributed by atoms with Crippen LogP contribution in [0.3, 0.4) is 0 Å². The Labute approximate surface area is 179 Å². The van der Waals surface area contributed by atoms with Crippen molar-refractivity contribution in [1.29, 1.82) is 0 Å². The molecule has 0 spiro atoms. The van der Waals surface area contributed by atoms with Gasteiger partial charge in [-0.25, -0.2) is 0 Å². The zero-order chi connectivity index (χ0) is 20.0. The molecule has 0 aromatic carbocycles. The molecule has 0 amide bonds. The molecule has 1 atom stereocenters. The van der Waals surface area contributed by atoms with E-state index in [1.54, 1.807) is 7.11 Å². The summed E-state index contributed by atoms with van der Waals surface area (Å²) in [4.78, 5) is 0. The molecule has 2 nitrogen and oxygen atoms in total. The van der Waals surface area contributed by atoms with E-state index in [2.05, 4.69) is 0 Å². The van der Waals surface area contributed by atoms with Gasteiger partial charge in [0.1, 0.15) is 0 Å². The van der Waals surface area contributed by atoms with E-state index in [0.717, 1.165) is 13.2 Å². The summed E-state index contributed by atoms with van der Waals surface area (Å²) in [5, 5.41) is 0. The van der Waals surface area contributed by atoms with Gasteiger partial charge in [-0.3, -0.25) is 0 Å². The van der Waals surface area contributed by atoms with Crippen molar-refractivity contribution in [2.75, 3.05) is 20.3 Å². The Morgan fingerprint density at radius 3 is 1.28 bits per heavy atom. The Morgan fingerprint density at radius 1 is 0.760 bits per heavy atom. The first-order chi connectivity index (χ1) is 10.4. The van der Waals surface area contributed by atoms with Crippen molar-refractivity contribution in [3.8, 4) is 0 Å². The Hall–Kier alpha value is 0.911. The first-order valence-electron chi connectivity index (χ1n) is 6.16. The Morgan fingerprint density at radius 2 is 1.08 bits per heavy atom. The molecule has 0 N–H and O–H groups in total. The fraction of sp³-hybridized carbons (Fsp3) is 1.00. The monoisotopic (exact) mass is 431 g/mol. The number of halogens is 12. The van der Waals surface area contributed by atoms with Crippen molar-refractivity contribution in [2.24, 2.45) is 0 Å². The van der Waals surface area contributed by atoms with Crippen LogP contribution in [-0.2, 0) is 9.47 Å². The van der Waals surface area contributed by atoms with E-state index < -0.39 is 21.8 Å². The summed E-state index contributed by atoms with van der Waals surface area (Å²) in [6.07, 6.45) is 4.07. The van der Waals surface area contributed by atoms with E-state index in [0.29, 0.717) is 6.10 Å². The number of hydrogen-bond donors (Lipinski definition) is 0. The predicted octanol–water partition coefficient (Wildman–Crippen LogP) is 4.45. The topological polar surface area (TPSA) is 18.5 Å². The van der Waals surface area contributed by atoms with Gasteiger partial charge >= 0.3 is 73.1 Å². The third-order valence-corrected chi connectivity index (χ3v) is 1.63. The summed E-state index contributed by atoms with van der Waals surface area (Å²) in [5.41, 5.74) is 0. The number of rotatable bonds is 2. The molecule has 0 bridgehead atoms. The van der Waals surface area contributed by atoms with Crippen molar-refractivity contribution in [1.82, 2.24) is 0 Å². The molecule has 25 heavy (non-hydrogen) atoms. The van der Waals surface area contributed by atoms with Gasteiger partial charge in [0.05, 0.1) is 12.7 Å². The molecule has 1 fully saturated rings. The molecule has 0 radical (unpaired) electrons. The van der Waals surface area contributed by atoms with E-state index in [4.69, 9.17) is 9.47 Å². The Bertz CT molecular complexity index is 232. The van der Waals surface area contributed by atoms with Gasteiger partial charge in [0.15, 0.2) is 0 Å². The second-order valence-corrected chi connectivity index (χ2v) is 3.93. The predicted molar refractivity (Wildman–Crippen MR) is 73.2 cm³/mol. The summed E-state index contributed by atoms with van der Waals surface area (Å²) in [5.74, 6) is 0. The quantitative estimate of drug-likeness (QED) is 0.476. The van der Waals surface area contributed by atoms with Crippen LogP contribution in [0.5, 0.6) is 0 Å². The summed E-state index contributed by atoms with van der Waals surface area (Å²) in [6.45, 7) is 1.69. The summed E-state index contributed by atoms with van der Waals surface area (Å²) < 4.78 is 127. The van der Waals surface area contributed by atoms with E-state index in [1.807, 2.05) is 0 Å². The molecule has 1 saturated heterocycles. The molecule has 0 aromatic heterocycles. The SMILES string of the molecule is COCC1CCCCO1.F[B-](F)(F)F.F[B-](F)(F)F.F[B-](F)(F)F.[KH]. The molecule has 1 aliphatic rings. The molecule has 1 unspecified atom stereocenters. The van der Waals surface area contributed by atoms with Crippen LogP contribution < -0.4 is 0 Å². The second kappa shape index (κ2) is 17.0. The fourth-order valence-electron chi connectivity index (χ4n) is 1.12. The summed E-state index contributed by atoms with van der Waals surface area (Å²) in [7, 11) is -16.3. The van der Waals surface area contributed by atoms with Crippen LogP contribution in [0, 0.1) is 0 Å². The van der Waals surface area contributed by atoms with E-state index in [1.165, 1.54) is 19.3 Å². The van der Waals surface area contributed by atoms with Crippen LogP contribution in [0.2, 0.25) is 0 Å². The van der Waals surface area contributed by atoms with Crippen LogP contribution in [0.25, 0.3) is 0 Å². The molecule has 0 saturated carbocycles. The standard InChI is InChI=1S/C7H14O2.3BF4.K.H/c1-8-6-7-4-2-3-5-9-7;3*2-1(3,4)5;;/h7H,2-6H2,1H3;;;;;/q;3*-1;;. The summed E-state index contributed by atoms with van der Waals surface area (Å²) >= 11 is 0. The first kappa shape index (κ1) is 33.5. The zero-order valence-corrected chi connectivity index (χ0v) is 12.2. The van der Waals surface area contributed by atoms with Crippen molar-refractivity contribution in [3.05, 3.63) is 0 Å². The third kappa shape index (κ3) is 92.2. The number of hydrogen-bond acceptors (Lipinski definition) is 2. The molecule has 0 aromatic rings. The van der Waals surface area contributed by atoms with E-state index in [9.17, 15) is 51.8 Å². The number of methoxy groups -OCH3 is 1. The van der Waals surface area contributed by atoms with Crippen LogP contribution >= 0.6 is 0 Å². The van der Waals surface area contributed by atoms with Crippen molar-refractivity contribution >= 4 is 73.1 Å². The molecule has 152 valence electrons. The minimum atomic E-state index is -6.00. The molecule has 1 aliphatic heterocycles. The van der Waals surface area contributed by atoms with Gasteiger partial charge in [-0.15, -0.1) is 0 Å². The molecule has 1 rings (SSSR count). The summed E-state index contributed by atoms with van der Waals surface area (Å²) in [6, 6.07) is 0. The average Bonchev–Trinajstić information content (AvgIpc) is 2.23. The van der Waals surface area contributed by atoms with Crippen molar-refractivity contribution in [3.63, 3.8) is 0 Å². The molecule has 18 heteroatoms. The Balaban J connectivity index is -0.000000122. The first-order valence-corrected chi connectivity index (χ1v) is 6.16. The van der Waals surface area contributed by atoms with Gasteiger partial charge in [0.25, 0.3) is 0 Å². The normalized spacial score (nSPS) is 17.4. The van der Waals surface area contributed by atoms with E-state index >= 15 is 0 Å². The van der Waals surface area contributed by atoms with Gasteiger partial charge in [-0.1, -0.05) is 0 Å². The van der Waals surface area contributed by atoms with Crippen molar-refractivity contribution in [2.45, 2.75) is 25.4 Å². The third-order valence-electron chi connectivity index (χ3n) is 1.63.